The zero-order valence-electron chi connectivity index (χ0n) is 12.6. The highest BCUT2D eigenvalue weighted by Gasteiger charge is 2.34. The molecular formula is C15H19N3O3S. The average molecular weight is 321 g/mol. The lowest BCUT2D eigenvalue weighted by atomic mass is 9.93. The standard InChI is InChI=1S/C15H19N3O3S/c1-3-10-8-20-14(17-10)18-13(19)16-9-15(2)11-5-7-22-12(11)4-6-21-15/h5,7-8H,3-4,6,9H2,1-2H3,(H2,16,17,18,19)/t15-/m0/s1. The number of thiophene rings is 1. The zero-order chi connectivity index (χ0) is 15.6. The van der Waals surface area contributed by atoms with Crippen LogP contribution in [0.3, 0.4) is 0 Å². The van der Waals surface area contributed by atoms with E-state index in [9.17, 15) is 4.79 Å². The molecule has 0 aromatic carbocycles. The lowest BCUT2D eigenvalue weighted by Gasteiger charge is -2.34. The molecule has 0 radical (unpaired) electrons. The number of fused-ring (bicyclic) bond motifs is 1. The highest BCUT2D eigenvalue weighted by atomic mass is 32.1. The van der Waals surface area contributed by atoms with Crippen molar-refractivity contribution in [1.82, 2.24) is 10.3 Å². The van der Waals surface area contributed by atoms with Crippen LogP contribution in [0.25, 0.3) is 0 Å². The Kier molecular flexibility index (Phi) is 4.17. The maximum Gasteiger partial charge on any atom is 0.322 e. The molecule has 0 bridgehead atoms. The first-order chi connectivity index (χ1) is 10.6. The minimum atomic E-state index is -0.490. The number of nitrogens with zero attached hydrogens (tertiary/aromatic N) is 1. The highest BCUT2D eigenvalue weighted by Crippen LogP contribution is 2.35. The monoisotopic (exact) mass is 321 g/mol. The topological polar surface area (TPSA) is 76.4 Å². The lowest BCUT2D eigenvalue weighted by Crippen LogP contribution is -2.44. The molecule has 1 aliphatic rings. The Hall–Kier alpha value is -1.86. The van der Waals surface area contributed by atoms with Gasteiger partial charge >= 0.3 is 12.0 Å². The Balaban J connectivity index is 1.59. The average Bonchev–Trinajstić information content (AvgIpc) is 3.15. The molecule has 1 aliphatic heterocycles. The van der Waals surface area contributed by atoms with Crippen molar-refractivity contribution in [1.29, 1.82) is 0 Å². The summed E-state index contributed by atoms with van der Waals surface area (Å²) in [6, 6.07) is 1.93. The summed E-state index contributed by atoms with van der Waals surface area (Å²) in [5, 5.41) is 7.49. The van der Waals surface area contributed by atoms with Crippen LogP contribution >= 0.6 is 11.3 Å². The molecule has 22 heavy (non-hydrogen) atoms. The lowest BCUT2D eigenvalue weighted by molar-refractivity contribution is -0.0416. The number of aryl methyl sites for hydroxylation is 1. The summed E-state index contributed by atoms with van der Waals surface area (Å²) >= 11 is 1.74. The molecule has 3 rings (SSSR count). The van der Waals surface area contributed by atoms with Gasteiger partial charge in [0, 0.05) is 11.3 Å². The number of carbonyl (C=O) groups is 1. The van der Waals surface area contributed by atoms with Crippen LogP contribution in [0.15, 0.2) is 22.1 Å². The summed E-state index contributed by atoms with van der Waals surface area (Å²) < 4.78 is 11.1. The summed E-state index contributed by atoms with van der Waals surface area (Å²) in [6.07, 6.45) is 3.24. The SMILES string of the molecule is CCc1coc(NC(=O)NC[C@]2(C)OCCc3sccc32)n1. The van der Waals surface area contributed by atoms with Gasteiger partial charge in [-0.2, -0.15) is 4.98 Å². The minimum absolute atomic E-state index is 0.209. The van der Waals surface area contributed by atoms with Crippen LogP contribution in [-0.2, 0) is 23.2 Å². The van der Waals surface area contributed by atoms with Crippen LogP contribution in [0.1, 0.15) is 30.0 Å². The minimum Gasteiger partial charge on any atom is -0.432 e. The van der Waals surface area contributed by atoms with E-state index < -0.39 is 5.60 Å². The Labute approximate surface area is 132 Å². The molecule has 6 nitrogen and oxygen atoms in total. The Morgan fingerprint density at radius 2 is 2.41 bits per heavy atom. The van der Waals surface area contributed by atoms with Gasteiger partial charge < -0.3 is 14.5 Å². The van der Waals surface area contributed by atoms with Crippen LogP contribution < -0.4 is 10.6 Å². The molecule has 0 spiro atoms. The number of rotatable bonds is 4. The second-order valence-electron chi connectivity index (χ2n) is 5.39. The smallest absolute Gasteiger partial charge is 0.322 e. The van der Waals surface area contributed by atoms with Gasteiger partial charge in [-0.25, -0.2) is 4.79 Å². The molecule has 0 saturated heterocycles. The number of oxazole rings is 1. The van der Waals surface area contributed by atoms with Gasteiger partial charge in [0.15, 0.2) is 0 Å². The number of ether oxygens (including phenoxy) is 1. The van der Waals surface area contributed by atoms with Gasteiger partial charge in [-0.3, -0.25) is 5.32 Å². The number of urea groups is 1. The molecule has 118 valence electrons. The predicted molar refractivity (Wildman–Crippen MR) is 84.2 cm³/mol. The van der Waals surface area contributed by atoms with Crippen LogP contribution in [-0.4, -0.2) is 24.2 Å². The molecule has 2 aromatic heterocycles. The highest BCUT2D eigenvalue weighted by molar-refractivity contribution is 7.10. The van der Waals surface area contributed by atoms with E-state index in [1.165, 1.54) is 4.88 Å². The van der Waals surface area contributed by atoms with Crippen LogP contribution in [0.5, 0.6) is 0 Å². The van der Waals surface area contributed by atoms with E-state index in [0.29, 0.717) is 13.2 Å². The molecule has 3 heterocycles. The van der Waals surface area contributed by atoms with Gasteiger partial charge in [-0.15, -0.1) is 11.3 Å². The predicted octanol–water partition coefficient (Wildman–Crippen LogP) is 2.91. The van der Waals surface area contributed by atoms with Gasteiger partial charge in [0.1, 0.15) is 11.9 Å². The summed E-state index contributed by atoms with van der Waals surface area (Å²) in [5.74, 6) is 0. The Morgan fingerprint density at radius 3 is 3.18 bits per heavy atom. The number of hydrogen-bond donors (Lipinski definition) is 2. The third-order valence-corrected chi connectivity index (χ3v) is 4.77. The van der Waals surface area contributed by atoms with Crippen molar-refractivity contribution in [3.05, 3.63) is 33.8 Å². The molecule has 7 heteroatoms. The van der Waals surface area contributed by atoms with E-state index >= 15 is 0 Å². The molecule has 0 saturated carbocycles. The van der Waals surface area contributed by atoms with Crippen molar-refractivity contribution < 1.29 is 13.9 Å². The molecule has 0 aliphatic carbocycles. The van der Waals surface area contributed by atoms with Crippen LogP contribution in [0, 0.1) is 0 Å². The van der Waals surface area contributed by atoms with Crippen LogP contribution in [0.4, 0.5) is 10.8 Å². The van der Waals surface area contributed by atoms with Gasteiger partial charge in [-0.1, -0.05) is 6.92 Å². The third kappa shape index (κ3) is 3.00. The maximum atomic E-state index is 12.0. The summed E-state index contributed by atoms with van der Waals surface area (Å²) in [4.78, 5) is 17.4. The van der Waals surface area contributed by atoms with Gasteiger partial charge in [0.25, 0.3) is 0 Å². The fourth-order valence-corrected chi connectivity index (χ4v) is 3.50. The zero-order valence-corrected chi connectivity index (χ0v) is 13.5. The molecule has 1 atom stereocenters. The molecule has 0 fully saturated rings. The van der Waals surface area contributed by atoms with Crippen molar-refractivity contribution in [2.45, 2.75) is 32.3 Å². The summed E-state index contributed by atoms with van der Waals surface area (Å²) in [7, 11) is 0. The number of aromatic nitrogens is 1. The number of hydrogen-bond acceptors (Lipinski definition) is 5. The number of anilines is 1. The Bertz CT molecular complexity index is 667. The van der Waals surface area contributed by atoms with Gasteiger partial charge in [0.2, 0.25) is 0 Å². The fraction of sp³-hybridized carbons (Fsp3) is 0.467. The summed E-state index contributed by atoms with van der Waals surface area (Å²) in [5.41, 5.74) is 1.48. The van der Waals surface area contributed by atoms with E-state index in [-0.39, 0.29) is 12.0 Å². The van der Waals surface area contributed by atoms with E-state index in [1.807, 2.05) is 13.8 Å². The quantitative estimate of drug-likeness (QED) is 0.908. The molecular weight excluding hydrogens is 302 g/mol. The molecule has 0 unspecified atom stereocenters. The van der Waals surface area contributed by atoms with Crippen LogP contribution in [0.2, 0.25) is 0 Å². The van der Waals surface area contributed by atoms with Crippen molar-refractivity contribution in [3.63, 3.8) is 0 Å². The number of amides is 2. The third-order valence-electron chi connectivity index (χ3n) is 3.79. The van der Waals surface area contributed by atoms with E-state index in [0.717, 1.165) is 24.1 Å². The first kappa shape index (κ1) is 15.1. The molecule has 2 amide bonds. The maximum absolute atomic E-state index is 12.0. The van der Waals surface area contributed by atoms with Gasteiger partial charge in [0.05, 0.1) is 18.8 Å². The van der Waals surface area contributed by atoms with E-state index in [2.05, 4.69) is 27.1 Å². The normalized spacial score (nSPS) is 20.5. The Morgan fingerprint density at radius 1 is 1.55 bits per heavy atom. The fourth-order valence-electron chi connectivity index (χ4n) is 2.52. The van der Waals surface area contributed by atoms with E-state index in [4.69, 9.17) is 9.15 Å². The second kappa shape index (κ2) is 6.10. The largest absolute Gasteiger partial charge is 0.432 e. The second-order valence-corrected chi connectivity index (χ2v) is 6.39. The van der Waals surface area contributed by atoms with Crippen molar-refractivity contribution in [2.24, 2.45) is 0 Å². The number of carbonyl (C=O) groups excluding carboxylic acids is 1. The van der Waals surface area contributed by atoms with E-state index in [1.54, 1.807) is 17.6 Å². The molecule has 2 aromatic rings. The van der Waals surface area contributed by atoms with Crippen molar-refractivity contribution >= 4 is 23.4 Å². The van der Waals surface area contributed by atoms with Crippen molar-refractivity contribution in [2.75, 3.05) is 18.5 Å². The first-order valence-corrected chi connectivity index (χ1v) is 8.19. The number of nitrogens with one attached hydrogen (secondary N) is 2. The first-order valence-electron chi connectivity index (χ1n) is 7.31. The van der Waals surface area contributed by atoms with Gasteiger partial charge in [-0.05, 0) is 30.4 Å². The van der Waals surface area contributed by atoms with Crippen molar-refractivity contribution in [3.8, 4) is 0 Å². The summed E-state index contributed by atoms with van der Waals surface area (Å²) in [6.45, 7) is 5.04. The molecule has 2 N–H and O–H groups in total.